The van der Waals surface area contributed by atoms with Gasteiger partial charge in [0, 0.05) is 6.42 Å². The standard InChI is InChI=1S/C39H75NO8/c1-3-5-7-9-11-13-15-16-17-18-19-20-22-24-26-28-33(42)32(31-47-39-38(46)37(45)36(44)34(30-41)48-39)40-35(43)29-27-25-23-21-14-12-10-8-6-4-2/h26,28,32-34,36-39,41-42,44-46H,3-25,27,29-31H2,1-2H3,(H,40,43)/b28-26+/t32-,33+,34+,36-,37?,38?,39+/m0/s1. The molecule has 1 rings (SSSR count). The van der Waals surface area contributed by atoms with Crippen LogP contribution < -0.4 is 5.32 Å². The van der Waals surface area contributed by atoms with E-state index in [0.29, 0.717) is 6.42 Å². The number of ether oxygens (including phenoxy) is 2. The number of allylic oxidation sites excluding steroid dienone is 1. The van der Waals surface area contributed by atoms with Crippen LogP contribution in [0.4, 0.5) is 0 Å². The lowest BCUT2D eigenvalue weighted by atomic mass is 9.99. The molecule has 1 heterocycles. The van der Waals surface area contributed by atoms with Crippen LogP contribution in [0.3, 0.4) is 0 Å². The van der Waals surface area contributed by atoms with Crippen molar-refractivity contribution >= 4 is 5.91 Å². The molecule has 0 aromatic rings. The summed E-state index contributed by atoms with van der Waals surface area (Å²) >= 11 is 0. The summed E-state index contributed by atoms with van der Waals surface area (Å²) in [6.07, 6.45) is 25.4. The van der Waals surface area contributed by atoms with Gasteiger partial charge in [0.05, 0.1) is 25.4 Å². The fraction of sp³-hybridized carbons (Fsp3) is 0.923. The molecule has 48 heavy (non-hydrogen) atoms. The van der Waals surface area contributed by atoms with Crippen LogP contribution in [0.1, 0.15) is 174 Å². The zero-order valence-electron chi connectivity index (χ0n) is 30.7. The van der Waals surface area contributed by atoms with Crippen LogP contribution in [-0.4, -0.2) is 87.5 Å². The molecule has 2 unspecified atom stereocenters. The average Bonchev–Trinajstić information content (AvgIpc) is 3.08. The quantitative estimate of drug-likeness (QED) is 0.0328. The fourth-order valence-corrected chi connectivity index (χ4v) is 6.33. The number of aliphatic hydroxyl groups is 5. The molecule has 7 atom stereocenters. The SMILES string of the molecule is CCCCCCCCCCCCCCC/C=C/[C@@H](O)[C@H](CO[C@@H]1O[C@H](CO)[C@H](O)C(O)C1O)NC(=O)CCCCCCCCCCCC. The van der Waals surface area contributed by atoms with Crippen molar-refractivity contribution in [3.05, 3.63) is 12.2 Å². The second kappa shape index (κ2) is 30.7. The van der Waals surface area contributed by atoms with Gasteiger partial charge in [0.15, 0.2) is 6.29 Å². The maximum absolute atomic E-state index is 12.8. The Morgan fingerprint density at radius 3 is 1.62 bits per heavy atom. The van der Waals surface area contributed by atoms with Gasteiger partial charge in [-0.05, 0) is 19.3 Å². The van der Waals surface area contributed by atoms with Crippen molar-refractivity contribution in [2.24, 2.45) is 0 Å². The predicted octanol–water partition coefficient (Wildman–Crippen LogP) is 7.00. The summed E-state index contributed by atoms with van der Waals surface area (Å²) in [7, 11) is 0. The first-order valence-corrected chi connectivity index (χ1v) is 19.9. The van der Waals surface area contributed by atoms with E-state index in [1.165, 1.54) is 116 Å². The zero-order chi connectivity index (χ0) is 35.2. The van der Waals surface area contributed by atoms with E-state index < -0.39 is 49.5 Å². The molecule has 0 aromatic carbocycles. The van der Waals surface area contributed by atoms with Gasteiger partial charge in [-0.1, -0.05) is 161 Å². The first-order chi connectivity index (χ1) is 23.3. The van der Waals surface area contributed by atoms with E-state index in [-0.39, 0.29) is 12.5 Å². The molecule has 0 bridgehead atoms. The summed E-state index contributed by atoms with van der Waals surface area (Å²) in [6, 6.07) is -0.795. The molecule has 1 aliphatic heterocycles. The van der Waals surface area contributed by atoms with Crippen LogP contribution in [-0.2, 0) is 14.3 Å². The number of carbonyl (C=O) groups excluding carboxylic acids is 1. The van der Waals surface area contributed by atoms with Crippen molar-refractivity contribution in [3.63, 3.8) is 0 Å². The van der Waals surface area contributed by atoms with E-state index in [1.54, 1.807) is 6.08 Å². The van der Waals surface area contributed by atoms with Gasteiger partial charge in [-0.15, -0.1) is 0 Å². The molecule has 0 aromatic heterocycles. The second-order valence-corrected chi connectivity index (χ2v) is 14.1. The van der Waals surface area contributed by atoms with Gasteiger partial charge in [0.2, 0.25) is 5.91 Å². The highest BCUT2D eigenvalue weighted by Crippen LogP contribution is 2.22. The Hall–Kier alpha value is -1.07. The molecular weight excluding hydrogens is 610 g/mol. The van der Waals surface area contributed by atoms with Crippen molar-refractivity contribution in [2.45, 2.75) is 217 Å². The van der Waals surface area contributed by atoms with Gasteiger partial charge in [-0.25, -0.2) is 0 Å². The summed E-state index contributed by atoms with van der Waals surface area (Å²) in [4.78, 5) is 12.8. The minimum Gasteiger partial charge on any atom is -0.394 e. The van der Waals surface area contributed by atoms with Crippen molar-refractivity contribution < 1.29 is 39.8 Å². The number of hydrogen-bond donors (Lipinski definition) is 6. The molecule has 9 nitrogen and oxygen atoms in total. The topological polar surface area (TPSA) is 149 Å². The lowest BCUT2D eigenvalue weighted by Crippen LogP contribution is -2.60. The molecule has 1 saturated heterocycles. The summed E-state index contributed by atoms with van der Waals surface area (Å²) in [5.41, 5.74) is 0. The molecule has 0 aliphatic carbocycles. The Balaban J connectivity index is 2.43. The van der Waals surface area contributed by atoms with Gasteiger partial charge < -0.3 is 40.3 Å². The first-order valence-electron chi connectivity index (χ1n) is 19.9. The monoisotopic (exact) mass is 686 g/mol. The van der Waals surface area contributed by atoms with E-state index >= 15 is 0 Å². The maximum atomic E-state index is 12.8. The van der Waals surface area contributed by atoms with E-state index in [2.05, 4.69) is 19.2 Å². The van der Waals surface area contributed by atoms with Crippen molar-refractivity contribution in [1.82, 2.24) is 5.32 Å². The fourth-order valence-electron chi connectivity index (χ4n) is 6.33. The molecule has 1 amide bonds. The summed E-state index contributed by atoms with van der Waals surface area (Å²) < 4.78 is 11.2. The smallest absolute Gasteiger partial charge is 0.220 e. The van der Waals surface area contributed by atoms with Crippen LogP contribution in [0.15, 0.2) is 12.2 Å². The van der Waals surface area contributed by atoms with Crippen molar-refractivity contribution in [1.29, 1.82) is 0 Å². The number of unbranched alkanes of at least 4 members (excludes halogenated alkanes) is 22. The Labute approximate surface area is 293 Å². The number of rotatable bonds is 32. The number of amides is 1. The van der Waals surface area contributed by atoms with E-state index in [1.807, 2.05) is 6.08 Å². The number of aliphatic hydroxyl groups excluding tert-OH is 5. The normalized spacial score (nSPS) is 22.7. The summed E-state index contributed by atoms with van der Waals surface area (Å²) in [5, 5.41) is 53.9. The Bertz CT molecular complexity index is 766. The molecule has 0 radical (unpaired) electrons. The lowest BCUT2D eigenvalue weighted by Gasteiger charge is -2.40. The highest BCUT2D eigenvalue weighted by atomic mass is 16.7. The zero-order valence-corrected chi connectivity index (χ0v) is 30.7. The van der Waals surface area contributed by atoms with Gasteiger partial charge in [0.1, 0.15) is 24.4 Å². The summed E-state index contributed by atoms with van der Waals surface area (Å²) in [6.45, 7) is 3.74. The van der Waals surface area contributed by atoms with Crippen molar-refractivity contribution in [2.75, 3.05) is 13.2 Å². The van der Waals surface area contributed by atoms with E-state index in [4.69, 9.17) is 9.47 Å². The third kappa shape index (κ3) is 21.9. The highest BCUT2D eigenvalue weighted by molar-refractivity contribution is 5.76. The minimum absolute atomic E-state index is 0.180. The number of carbonyl (C=O) groups is 1. The lowest BCUT2D eigenvalue weighted by molar-refractivity contribution is -0.302. The van der Waals surface area contributed by atoms with Crippen LogP contribution in [0.5, 0.6) is 0 Å². The Morgan fingerprint density at radius 1 is 0.688 bits per heavy atom. The van der Waals surface area contributed by atoms with Crippen LogP contribution >= 0.6 is 0 Å². The second-order valence-electron chi connectivity index (χ2n) is 14.1. The van der Waals surface area contributed by atoms with Gasteiger partial charge >= 0.3 is 0 Å². The molecule has 0 spiro atoms. The van der Waals surface area contributed by atoms with Crippen LogP contribution in [0.25, 0.3) is 0 Å². The van der Waals surface area contributed by atoms with E-state index in [0.717, 1.165) is 38.5 Å². The molecule has 9 heteroatoms. The van der Waals surface area contributed by atoms with Crippen LogP contribution in [0.2, 0.25) is 0 Å². The molecule has 1 aliphatic rings. The number of nitrogens with one attached hydrogen (secondary N) is 1. The third-order valence-electron chi connectivity index (χ3n) is 9.61. The molecular formula is C39H75NO8. The van der Waals surface area contributed by atoms with Gasteiger partial charge in [0.25, 0.3) is 0 Å². The Morgan fingerprint density at radius 2 is 1.15 bits per heavy atom. The van der Waals surface area contributed by atoms with Crippen molar-refractivity contribution in [3.8, 4) is 0 Å². The van der Waals surface area contributed by atoms with Crippen LogP contribution in [0, 0.1) is 0 Å². The van der Waals surface area contributed by atoms with E-state index in [9.17, 15) is 30.3 Å². The van der Waals surface area contributed by atoms with Gasteiger partial charge in [-0.3, -0.25) is 4.79 Å². The largest absolute Gasteiger partial charge is 0.394 e. The Kier molecular flexibility index (Phi) is 28.8. The minimum atomic E-state index is -1.56. The maximum Gasteiger partial charge on any atom is 0.220 e. The molecule has 6 N–H and O–H groups in total. The molecule has 0 saturated carbocycles. The summed E-state index contributed by atoms with van der Waals surface area (Å²) in [5.74, 6) is -0.180. The third-order valence-corrected chi connectivity index (χ3v) is 9.61. The molecule has 284 valence electrons. The first kappa shape index (κ1) is 45.0. The molecule has 1 fully saturated rings. The average molecular weight is 686 g/mol. The highest BCUT2D eigenvalue weighted by Gasteiger charge is 2.44. The predicted molar refractivity (Wildman–Crippen MR) is 194 cm³/mol. The number of hydrogen-bond acceptors (Lipinski definition) is 8. The van der Waals surface area contributed by atoms with Gasteiger partial charge in [-0.2, -0.15) is 0 Å².